The van der Waals surface area contributed by atoms with Crippen molar-refractivity contribution < 1.29 is 15.0 Å². The quantitative estimate of drug-likeness (QED) is 0.530. The Morgan fingerprint density at radius 2 is 1.97 bits per heavy atom. The van der Waals surface area contributed by atoms with E-state index >= 15 is 0 Å². The fourth-order valence-electron chi connectivity index (χ4n) is 3.93. The van der Waals surface area contributed by atoms with Crippen molar-refractivity contribution in [1.82, 2.24) is 20.2 Å². The number of rotatable bonds is 6. The van der Waals surface area contributed by atoms with E-state index in [-0.39, 0.29) is 23.4 Å². The second kappa shape index (κ2) is 9.14. The van der Waals surface area contributed by atoms with Gasteiger partial charge in [-0.05, 0) is 49.1 Å². The van der Waals surface area contributed by atoms with E-state index in [0.29, 0.717) is 25.2 Å². The zero-order valence-electron chi connectivity index (χ0n) is 17.5. The van der Waals surface area contributed by atoms with Crippen molar-refractivity contribution in [3.8, 4) is 11.5 Å². The first kappa shape index (κ1) is 20.8. The topological polar surface area (TPSA) is 98.6 Å². The van der Waals surface area contributed by atoms with Crippen molar-refractivity contribution in [2.24, 2.45) is 0 Å². The highest BCUT2D eigenvalue weighted by Gasteiger charge is 2.31. The Morgan fingerprint density at radius 3 is 2.74 bits per heavy atom. The van der Waals surface area contributed by atoms with E-state index in [2.05, 4.69) is 33.5 Å². The van der Waals surface area contributed by atoms with Crippen LogP contribution in [0.25, 0.3) is 0 Å². The van der Waals surface area contributed by atoms with Gasteiger partial charge in [-0.3, -0.25) is 14.8 Å². The van der Waals surface area contributed by atoms with Crippen LogP contribution in [0, 0.1) is 6.92 Å². The maximum atomic E-state index is 13.0. The van der Waals surface area contributed by atoms with E-state index in [4.69, 9.17) is 0 Å². The van der Waals surface area contributed by atoms with Crippen LogP contribution in [-0.2, 0) is 13.1 Å². The van der Waals surface area contributed by atoms with Gasteiger partial charge in [0.05, 0.1) is 17.4 Å². The number of hydrogen-bond donors (Lipinski definition) is 3. The number of phenolic OH excluding ortho intramolecular Hbond substituents is 2. The van der Waals surface area contributed by atoms with Crippen LogP contribution in [-0.4, -0.2) is 37.5 Å². The molecule has 7 heteroatoms. The molecule has 160 valence electrons. The van der Waals surface area contributed by atoms with Gasteiger partial charge in [0, 0.05) is 37.6 Å². The van der Waals surface area contributed by atoms with E-state index in [0.717, 1.165) is 35.4 Å². The van der Waals surface area contributed by atoms with Crippen molar-refractivity contribution in [3.05, 3.63) is 82.9 Å². The minimum atomic E-state index is -0.284. The molecule has 0 radical (unpaired) electrons. The molecule has 1 aromatic heterocycles. The number of amides is 1. The molecule has 0 aliphatic carbocycles. The number of nitrogens with zero attached hydrogens (tertiary/aromatic N) is 3. The molecular weight excluding hydrogens is 392 g/mol. The first-order valence-corrected chi connectivity index (χ1v) is 10.4. The normalized spacial score (nSPS) is 15.9. The molecule has 1 unspecified atom stereocenters. The Bertz CT molecular complexity index is 1070. The van der Waals surface area contributed by atoms with Crippen molar-refractivity contribution >= 4 is 5.91 Å². The first-order chi connectivity index (χ1) is 15.0. The Balaban J connectivity index is 1.43. The molecule has 1 atom stereocenters. The zero-order chi connectivity index (χ0) is 21.8. The number of nitrogens with one attached hydrogen (secondary N) is 1. The van der Waals surface area contributed by atoms with Crippen molar-refractivity contribution in [2.45, 2.75) is 38.9 Å². The second-order valence-electron chi connectivity index (χ2n) is 7.86. The number of likely N-dealkylation sites (tertiary alicyclic amines) is 1. The lowest BCUT2D eigenvalue weighted by Gasteiger charge is -2.26. The van der Waals surface area contributed by atoms with Crippen LogP contribution in [0.1, 0.15) is 51.8 Å². The van der Waals surface area contributed by atoms with Gasteiger partial charge in [0.1, 0.15) is 0 Å². The van der Waals surface area contributed by atoms with Crippen LogP contribution in [0.15, 0.2) is 54.9 Å². The Hall–Kier alpha value is -3.45. The molecule has 2 aromatic carbocycles. The number of aryl methyl sites for hydroxylation is 1. The minimum absolute atomic E-state index is 0.00800. The fraction of sp³-hybridized carbons (Fsp3) is 0.292. The number of carbonyl (C=O) groups is 1. The second-order valence-corrected chi connectivity index (χ2v) is 7.86. The summed E-state index contributed by atoms with van der Waals surface area (Å²) in [7, 11) is 0. The summed E-state index contributed by atoms with van der Waals surface area (Å²) in [6.45, 7) is 3.91. The molecule has 3 aromatic rings. The summed E-state index contributed by atoms with van der Waals surface area (Å²) >= 11 is 0. The lowest BCUT2D eigenvalue weighted by Crippen LogP contribution is -2.30. The smallest absolute Gasteiger partial charge is 0.254 e. The molecule has 0 bridgehead atoms. The highest BCUT2D eigenvalue weighted by atomic mass is 16.3. The lowest BCUT2D eigenvalue weighted by atomic mass is 10.0. The standard InChI is InChI=1S/C24H26N4O3/c1-16-12-27-20(15-26-16)14-25-13-17-4-2-5-18(10-17)21-6-3-9-28(21)24(31)19-7-8-22(29)23(30)11-19/h2,4-5,7-8,10-12,15,21,25,29-30H,3,6,9,13-14H2,1H3. The summed E-state index contributed by atoms with van der Waals surface area (Å²) in [5, 5.41) is 22.7. The predicted molar refractivity (Wildman–Crippen MR) is 117 cm³/mol. The molecular formula is C24H26N4O3. The average Bonchev–Trinajstić information content (AvgIpc) is 3.27. The molecule has 3 N–H and O–H groups in total. The van der Waals surface area contributed by atoms with E-state index in [9.17, 15) is 15.0 Å². The summed E-state index contributed by atoms with van der Waals surface area (Å²) in [6.07, 6.45) is 5.36. The lowest BCUT2D eigenvalue weighted by molar-refractivity contribution is 0.0735. The van der Waals surface area contributed by atoms with Gasteiger partial charge in [-0.15, -0.1) is 0 Å². The summed E-state index contributed by atoms with van der Waals surface area (Å²) in [4.78, 5) is 23.5. The van der Waals surface area contributed by atoms with Crippen LogP contribution in [0.4, 0.5) is 0 Å². The third-order valence-corrected chi connectivity index (χ3v) is 5.54. The highest BCUT2D eigenvalue weighted by Crippen LogP contribution is 2.34. The molecule has 31 heavy (non-hydrogen) atoms. The molecule has 4 rings (SSSR count). The molecule has 1 fully saturated rings. The van der Waals surface area contributed by atoms with Gasteiger partial charge >= 0.3 is 0 Å². The monoisotopic (exact) mass is 418 g/mol. The molecule has 1 aliphatic rings. The third kappa shape index (κ3) is 4.83. The SMILES string of the molecule is Cc1cnc(CNCc2cccc(C3CCCN3C(=O)c3ccc(O)c(O)c3)c2)cn1. The predicted octanol–water partition coefficient (Wildman–Crippen LogP) is 3.46. The molecule has 1 amide bonds. The van der Waals surface area contributed by atoms with Gasteiger partial charge in [-0.2, -0.15) is 0 Å². The number of aromatic hydroxyl groups is 2. The molecule has 0 spiro atoms. The van der Waals surface area contributed by atoms with Crippen molar-refractivity contribution in [1.29, 1.82) is 0 Å². The van der Waals surface area contributed by atoms with Gasteiger partial charge in [0.25, 0.3) is 5.91 Å². The maximum Gasteiger partial charge on any atom is 0.254 e. The molecule has 1 saturated heterocycles. The number of hydrogen-bond acceptors (Lipinski definition) is 6. The fourth-order valence-corrected chi connectivity index (χ4v) is 3.93. The van der Waals surface area contributed by atoms with Crippen LogP contribution in [0.2, 0.25) is 0 Å². The van der Waals surface area contributed by atoms with Gasteiger partial charge in [-0.1, -0.05) is 24.3 Å². The number of phenols is 2. The summed E-state index contributed by atoms with van der Waals surface area (Å²) < 4.78 is 0. The van der Waals surface area contributed by atoms with Crippen LogP contribution >= 0.6 is 0 Å². The summed E-state index contributed by atoms with van der Waals surface area (Å²) in [5.41, 5.74) is 4.41. The van der Waals surface area contributed by atoms with E-state index in [1.165, 1.54) is 12.1 Å². The third-order valence-electron chi connectivity index (χ3n) is 5.54. The van der Waals surface area contributed by atoms with Crippen LogP contribution in [0.5, 0.6) is 11.5 Å². The maximum absolute atomic E-state index is 13.0. The van der Waals surface area contributed by atoms with Gasteiger partial charge in [0.15, 0.2) is 11.5 Å². The van der Waals surface area contributed by atoms with E-state index in [1.807, 2.05) is 17.9 Å². The average molecular weight is 418 g/mol. The largest absolute Gasteiger partial charge is 0.504 e. The molecule has 1 aliphatic heterocycles. The Morgan fingerprint density at radius 1 is 1.10 bits per heavy atom. The highest BCUT2D eigenvalue weighted by molar-refractivity contribution is 5.95. The number of carbonyl (C=O) groups excluding carboxylic acids is 1. The van der Waals surface area contributed by atoms with Crippen molar-refractivity contribution in [3.63, 3.8) is 0 Å². The molecule has 2 heterocycles. The Labute approximate surface area is 181 Å². The number of aromatic nitrogens is 2. The minimum Gasteiger partial charge on any atom is -0.504 e. The summed E-state index contributed by atoms with van der Waals surface area (Å²) in [6, 6.07) is 12.5. The van der Waals surface area contributed by atoms with Gasteiger partial charge in [0.2, 0.25) is 0 Å². The number of benzene rings is 2. The van der Waals surface area contributed by atoms with Gasteiger partial charge < -0.3 is 20.4 Å². The summed E-state index contributed by atoms with van der Waals surface area (Å²) in [5.74, 6) is -0.654. The van der Waals surface area contributed by atoms with Crippen molar-refractivity contribution in [2.75, 3.05) is 6.54 Å². The first-order valence-electron chi connectivity index (χ1n) is 10.4. The van der Waals surface area contributed by atoms with Crippen LogP contribution in [0.3, 0.4) is 0 Å². The van der Waals surface area contributed by atoms with E-state index in [1.54, 1.807) is 18.5 Å². The van der Waals surface area contributed by atoms with Crippen LogP contribution < -0.4 is 5.32 Å². The van der Waals surface area contributed by atoms with E-state index < -0.39 is 0 Å². The Kier molecular flexibility index (Phi) is 6.13. The molecule has 0 saturated carbocycles. The van der Waals surface area contributed by atoms with Gasteiger partial charge in [-0.25, -0.2) is 0 Å². The molecule has 7 nitrogen and oxygen atoms in total. The zero-order valence-corrected chi connectivity index (χ0v) is 17.5.